The SMILES string of the molecule is CC(C(=O)OCC(=O)Nc1cc(S(=O)(=O)N2CCCC2)ccc1Cl)N1C(=O)c2ccccc2C1=O. The minimum atomic E-state index is -3.72. The van der Waals surface area contributed by atoms with Crippen LogP contribution in [0.25, 0.3) is 0 Å². The van der Waals surface area contributed by atoms with Crippen LogP contribution in [0.5, 0.6) is 0 Å². The zero-order chi connectivity index (χ0) is 25.3. The van der Waals surface area contributed by atoms with Crippen LogP contribution in [0.4, 0.5) is 5.69 Å². The van der Waals surface area contributed by atoms with Crippen LogP contribution in [0.3, 0.4) is 0 Å². The van der Waals surface area contributed by atoms with Gasteiger partial charge in [0.15, 0.2) is 6.61 Å². The number of carbonyl (C=O) groups is 4. The second kappa shape index (κ2) is 9.76. The molecule has 2 aromatic rings. The van der Waals surface area contributed by atoms with Crippen molar-refractivity contribution in [1.82, 2.24) is 9.21 Å². The summed E-state index contributed by atoms with van der Waals surface area (Å²) in [5.41, 5.74) is 0.419. The molecule has 4 rings (SSSR count). The van der Waals surface area contributed by atoms with E-state index in [0.717, 1.165) is 17.7 Å². The van der Waals surface area contributed by atoms with E-state index in [1.54, 1.807) is 12.1 Å². The molecule has 2 aromatic carbocycles. The van der Waals surface area contributed by atoms with Crippen molar-refractivity contribution in [3.8, 4) is 0 Å². The first-order valence-electron chi connectivity index (χ1n) is 10.8. The summed E-state index contributed by atoms with van der Waals surface area (Å²) >= 11 is 6.11. The lowest BCUT2D eigenvalue weighted by atomic mass is 10.1. The number of hydrogen-bond acceptors (Lipinski definition) is 7. The normalized spacial score (nSPS) is 16.8. The van der Waals surface area contributed by atoms with E-state index in [9.17, 15) is 27.6 Å². The summed E-state index contributed by atoms with van der Waals surface area (Å²) in [7, 11) is -3.72. The molecule has 2 aliphatic heterocycles. The van der Waals surface area contributed by atoms with E-state index in [4.69, 9.17) is 16.3 Å². The smallest absolute Gasteiger partial charge is 0.329 e. The number of amides is 3. The molecule has 1 saturated heterocycles. The van der Waals surface area contributed by atoms with Crippen LogP contribution < -0.4 is 5.32 Å². The third-order valence-corrected chi connectivity index (χ3v) is 8.04. The summed E-state index contributed by atoms with van der Waals surface area (Å²) in [6.45, 7) is 1.44. The van der Waals surface area contributed by atoms with E-state index >= 15 is 0 Å². The van der Waals surface area contributed by atoms with E-state index in [-0.39, 0.29) is 26.7 Å². The van der Waals surface area contributed by atoms with Crippen molar-refractivity contribution < 1.29 is 32.3 Å². The molecule has 1 atom stereocenters. The molecule has 0 aliphatic carbocycles. The van der Waals surface area contributed by atoms with Gasteiger partial charge in [0.25, 0.3) is 17.7 Å². The molecule has 2 aliphatic rings. The highest BCUT2D eigenvalue weighted by Gasteiger charge is 2.41. The van der Waals surface area contributed by atoms with E-state index < -0.39 is 46.4 Å². The van der Waals surface area contributed by atoms with Gasteiger partial charge in [0.2, 0.25) is 10.0 Å². The molecular weight excluding hydrogens is 498 g/mol. The van der Waals surface area contributed by atoms with Crippen LogP contribution >= 0.6 is 11.6 Å². The van der Waals surface area contributed by atoms with Gasteiger partial charge in [0, 0.05) is 13.1 Å². The summed E-state index contributed by atoms with van der Waals surface area (Å²) in [6, 6.07) is 8.90. The first-order chi connectivity index (χ1) is 16.6. The molecule has 1 N–H and O–H groups in total. The van der Waals surface area contributed by atoms with E-state index in [1.807, 2.05) is 0 Å². The van der Waals surface area contributed by atoms with Crippen LogP contribution in [0.1, 0.15) is 40.5 Å². The molecule has 184 valence electrons. The third-order valence-electron chi connectivity index (χ3n) is 5.81. The molecule has 1 fully saturated rings. The number of rotatable bonds is 7. The summed E-state index contributed by atoms with van der Waals surface area (Å²) in [6.07, 6.45) is 1.56. The lowest BCUT2D eigenvalue weighted by Crippen LogP contribution is -2.44. The number of ether oxygens (including phenoxy) is 1. The average Bonchev–Trinajstić information content (AvgIpc) is 3.47. The molecule has 35 heavy (non-hydrogen) atoms. The quantitative estimate of drug-likeness (QED) is 0.438. The van der Waals surface area contributed by atoms with Crippen molar-refractivity contribution in [1.29, 1.82) is 0 Å². The Labute approximate surface area is 206 Å². The zero-order valence-corrected chi connectivity index (χ0v) is 20.3. The van der Waals surface area contributed by atoms with Gasteiger partial charge < -0.3 is 10.1 Å². The number of esters is 1. The molecule has 10 nitrogen and oxygen atoms in total. The number of halogens is 1. The van der Waals surface area contributed by atoms with E-state index in [0.29, 0.717) is 13.1 Å². The van der Waals surface area contributed by atoms with Gasteiger partial charge >= 0.3 is 5.97 Å². The molecular formula is C23H22ClN3O7S. The largest absolute Gasteiger partial charge is 0.454 e. The van der Waals surface area contributed by atoms with Gasteiger partial charge in [-0.25, -0.2) is 13.2 Å². The molecule has 2 heterocycles. The summed E-state index contributed by atoms with van der Waals surface area (Å²) in [5.74, 6) is -2.97. The Morgan fingerprint density at radius 3 is 2.26 bits per heavy atom. The predicted molar refractivity (Wildman–Crippen MR) is 125 cm³/mol. The Morgan fingerprint density at radius 1 is 1.06 bits per heavy atom. The number of nitrogens with zero attached hydrogens (tertiary/aromatic N) is 2. The highest BCUT2D eigenvalue weighted by atomic mass is 35.5. The number of imide groups is 1. The summed E-state index contributed by atoms with van der Waals surface area (Å²) in [5, 5.41) is 2.53. The topological polar surface area (TPSA) is 130 Å². The van der Waals surface area contributed by atoms with Gasteiger partial charge in [0.05, 0.1) is 26.7 Å². The van der Waals surface area contributed by atoms with Crippen LogP contribution in [-0.4, -0.2) is 67.1 Å². The van der Waals surface area contributed by atoms with Gasteiger partial charge in [0.1, 0.15) is 6.04 Å². The van der Waals surface area contributed by atoms with Crippen LogP contribution in [0.2, 0.25) is 5.02 Å². The molecule has 12 heteroatoms. The van der Waals surface area contributed by atoms with E-state index in [2.05, 4.69) is 5.32 Å². The maximum Gasteiger partial charge on any atom is 0.329 e. The van der Waals surface area contributed by atoms with Crippen LogP contribution in [-0.2, 0) is 24.3 Å². The Bertz CT molecular complexity index is 1290. The molecule has 0 bridgehead atoms. The van der Waals surface area contributed by atoms with Gasteiger partial charge in [-0.2, -0.15) is 4.31 Å². The number of hydrogen-bond donors (Lipinski definition) is 1. The van der Waals surface area contributed by atoms with Crippen molar-refractivity contribution in [3.63, 3.8) is 0 Å². The molecule has 0 aromatic heterocycles. The fraction of sp³-hybridized carbons (Fsp3) is 0.304. The molecule has 0 spiro atoms. The highest BCUT2D eigenvalue weighted by molar-refractivity contribution is 7.89. The average molecular weight is 520 g/mol. The first kappa shape index (κ1) is 24.8. The number of carbonyl (C=O) groups excluding carboxylic acids is 4. The second-order valence-electron chi connectivity index (χ2n) is 8.11. The number of nitrogens with one attached hydrogen (secondary N) is 1. The Kier molecular flexibility index (Phi) is 6.93. The molecule has 3 amide bonds. The monoisotopic (exact) mass is 519 g/mol. The number of benzene rings is 2. The van der Waals surface area contributed by atoms with Crippen molar-refractivity contribution in [3.05, 3.63) is 58.6 Å². The molecule has 0 radical (unpaired) electrons. The van der Waals surface area contributed by atoms with Gasteiger partial charge in [-0.15, -0.1) is 0 Å². The maximum absolute atomic E-state index is 12.8. The van der Waals surface area contributed by atoms with Crippen LogP contribution in [0, 0.1) is 0 Å². The van der Waals surface area contributed by atoms with Crippen molar-refractivity contribution in [2.45, 2.75) is 30.7 Å². The number of sulfonamides is 1. The van der Waals surface area contributed by atoms with Crippen molar-refractivity contribution in [2.75, 3.05) is 25.0 Å². The summed E-state index contributed by atoms with van der Waals surface area (Å²) in [4.78, 5) is 50.7. The fourth-order valence-electron chi connectivity index (χ4n) is 3.95. The second-order valence-corrected chi connectivity index (χ2v) is 10.5. The Balaban J connectivity index is 1.38. The standard InChI is InChI=1S/C23H22ClN3O7S/c1-14(27-21(29)16-6-2-3-7-17(16)22(27)30)23(31)34-13-20(28)25-19-12-15(8-9-18(19)24)35(32,33)26-10-4-5-11-26/h2-3,6-9,12,14H,4-5,10-11,13H2,1H3,(H,25,28). The minimum absolute atomic E-state index is 0.0182. The molecule has 0 saturated carbocycles. The zero-order valence-electron chi connectivity index (χ0n) is 18.7. The fourth-order valence-corrected chi connectivity index (χ4v) is 5.66. The van der Waals surface area contributed by atoms with E-state index in [1.165, 1.54) is 41.6 Å². The summed E-state index contributed by atoms with van der Waals surface area (Å²) < 4.78 is 31.9. The number of anilines is 1. The third kappa shape index (κ3) is 4.79. The lowest BCUT2D eigenvalue weighted by molar-refractivity contribution is -0.150. The number of fused-ring (bicyclic) bond motifs is 1. The van der Waals surface area contributed by atoms with Crippen molar-refractivity contribution in [2.24, 2.45) is 0 Å². The lowest BCUT2D eigenvalue weighted by Gasteiger charge is -2.20. The minimum Gasteiger partial charge on any atom is -0.454 e. The Hall–Kier alpha value is -3.28. The Morgan fingerprint density at radius 2 is 1.66 bits per heavy atom. The van der Waals surface area contributed by atoms with Gasteiger partial charge in [-0.3, -0.25) is 19.3 Å². The maximum atomic E-state index is 12.8. The van der Waals surface area contributed by atoms with Gasteiger partial charge in [-0.1, -0.05) is 23.7 Å². The molecule has 1 unspecified atom stereocenters. The van der Waals surface area contributed by atoms with Gasteiger partial charge in [-0.05, 0) is 50.1 Å². The van der Waals surface area contributed by atoms with Crippen molar-refractivity contribution >= 4 is 51.0 Å². The van der Waals surface area contributed by atoms with Crippen LogP contribution in [0.15, 0.2) is 47.4 Å². The predicted octanol–water partition coefficient (Wildman–Crippen LogP) is 2.29. The highest BCUT2D eigenvalue weighted by Crippen LogP contribution is 2.29. The first-order valence-corrected chi connectivity index (χ1v) is 12.7.